The van der Waals surface area contributed by atoms with E-state index < -0.39 is 0 Å². The summed E-state index contributed by atoms with van der Waals surface area (Å²) in [5.74, 6) is 0.672. The molecule has 0 spiro atoms. The van der Waals surface area contributed by atoms with Crippen molar-refractivity contribution in [1.29, 1.82) is 0 Å². The van der Waals surface area contributed by atoms with Crippen molar-refractivity contribution in [2.45, 2.75) is 45.7 Å². The lowest BCUT2D eigenvalue weighted by Crippen LogP contribution is -2.56. The Morgan fingerprint density at radius 2 is 2.21 bits per heavy atom. The molecule has 1 aliphatic heterocycles. The molecule has 19 heavy (non-hydrogen) atoms. The highest BCUT2D eigenvalue weighted by molar-refractivity contribution is 4.87. The van der Waals surface area contributed by atoms with Gasteiger partial charge in [0.1, 0.15) is 0 Å². The van der Waals surface area contributed by atoms with Gasteiger partial charge >= 0.3 is 0 Å². The normalized spacial score (nSPS) is 24.3. The Morgan fingerprint density at radius 1 is 1.42 bits per heavy atom. The largest absolute Gasteiger partial charge is 0.383 e. The molecular formula is C15H32N2O2. The van der Waals surface area contributed by atoms with Crippen molar-refractivity contribution in [2.24, 2.45) is 5.92 Å². The number of nitrogens with one attached hydrogen (secondary N) is 1. The first-order valence-corrected chi connectivity index (χ1v) is 7.73. The number of hydrogen-bond acceptors (Lipinski definition) is 4. The van der Waals surface area contributed by atoms with Gasteiger partial charge in [-0.25, -0.2) is 0 Å². The molecule has 0 radical (unpaired) electrons. The summed E-state index contributed by atoms with van der Waals surface area (Å²) in [5, 5.41) is 3.69. The van der Waals surface area contributed by atoms with Crippen LogP contribution < -0.4 is 5.32 Å². The zero-order valence-electron chi connectivity index (χ0n) is 13.2. The van der Waals surface area contributed by atoms with Gasteiger partial charge in [0.05, 0.1) is 13.2 Å². The molecule has 1 rings (SSSR count). The van der Waals surface area contributed by atoms with E-state index in [1.54, 1.807) is 7.11 Å². The Balaban J connectivity index is 2.59. The Labute approximate surface area is 118 Å². The molecule has 2 atom stereocenters. The van der Waals surface area contributed by atoms with Gasteiger partial charge in [0.2, 0.25) is 0 Å². The fraction of sp³-hybridized carbons (Fsp3) is 1.00. The number of rotatable bonds is 9. The van der Waals surface area contributed by atoms with Crippen LogP contribution >= 0.6 is 0 Å². The lowest BCUT2D eigenvalue weighted by atomic mass is 10.00. The highest BCUT2D eigenvalue weighted by atomic mass is 16.5. The van der Waals surface area contributed by atoms with Crippen LogP contribution in [0.1, 0.15) is 33.6 Å². The third kappa shape index (κ3) is 6.21. The Bertz CT molecular complexity index is 224. The molecule has 0 aromatic carbocycles. The summed E-state index contributed by atoms with van der Waals surface area (Å²) in [6.07, 6.45) is 2.30. The van der Waals surface area contributed by atoms with Gasteiger partial charge in [-0.3, -0.25) is 4.90 Å². The van der Waals surface area contributed by atoms with Crippen LogP contribution in [0.25, 0.3) is 0 Å². The lowest BCUT2D eigenvalue weighted by molar-refractivity contribution is -0.0143. The summed E-state index contributed by atoms with van der Waals surface area (Å²) < 4.78 is 11.0. The second kappa shape index (κ2) is 9.70. The van der Waals surface area contributed by atoms with Crippen molar-refractivity contribution >= 4 is 0 Å². The molecule has 1 fully saturated rings. The standard InChI is InChI=1S/C15H32N2O2/c1-5-7-16-14-6-9-19-12-15(14)17(8-10-18-4)11-13(2)3/h13-16H,5-12H2,1-4H3. The fourth-order valence-corrected chi connectivity index (χ4v) is 2.72. The zero-order valence-corrected chi connectivity index (χ0v) is 13.2. The third-order valence-corrected chi connectivity index (χ3v) is 3.63. The molecule has 0 aliphatic carbocycles. The van der Waals surface area contributed by atoms with E-state index in [0.29, 0.717) is 18.0 Å². The maximum absolute atomic E-state index is 5.71. The highest BCUT2D eigenvalue weighted by Gasteiger charge is 2.30. The lowest BCUT2D eigenvalue weighted by Gasteiger charge is -2.41. The van der Waals surface area contributed by atoms with Crippen LogP contribution in [0.3, 0.4) is 0 Å². The SMILES string of the molecule is CCCNC1CCOCC1N(CCOC)CC(C)C. The molecular weight excluding hydrogens is 240 g/mol. The number of hydrogen-bond donors (Lipinski definition) is 1. The molecule has 1 N–H and O–H groups in total. The first kappa shape index (κ1) is 16.9. The van der Waals surface area contributed by atoms with Gasteiger partial charge in [-0.1, -0.05) is 20.8 Å². The number of nitrogens with zero attached hydrogens (tertiary/aromatic N) is 1. The maximum Gasteiger partial charge on any atom is 0.0637 e. The summed E-state index contributed by atoms with van der Waals surface area (Å²) in [4.78, 5) is 2.54. The van der Waals surface area contributed by atoms with Crippen molar-refractivity contribution in [3.05, 3.63) is 0 Å². The minimum absolute atomic E-state index is 0.484. The van der Waals surface area contributed by atoms with E-state index in [9.17, 15) is 0 Å². The van der Waals surface area contributed by atoms with Crippen molar-refractivity contribution < 1.29 is 9.47 Å². The monoisotopic (exact) mass is 272 g/mol. The molecule has 1 aliphatic rings. The van der Waals surface area contributed by atoms with Crippen LogP contribution in [0, 0.1) is 5.92 Å². The van der Waals surface area contributed by atoms with E-state index in [2.05, 4.69) is 31.0 Å². The first-order chi connectivity index (χ1) is 9.19. The van der Waals surface area contributed by atoms with Crippen molar-refractivity contribution in [1.82, 2.24) is 10.2 Å². The molecule has 2 unspecified atom stereocenters. The average Bonchev–Trinajstić information content (AvgIpc) is 2.41. The van der Waals surface area contributed by atoms with Gasteiger partial charge in [0.15, 0.2) is 0 Å². The molecule has 4 heteroatoms. The van der Waals surface area contributed by atoms with Crippen LogP contribution in [0.2, 0.25) is 0 Å². The van der Waals surface area contributed by atoms with E-state index in [4.69, 9.17) is 9.47 Å². The molecule has 4 nitrogen and oxygen atoms in total. The predicted molar refractivity (Wildman–Crippen MR) is 79.6 cm³/mol. The highest BCUT2D eigenvalue weighted by Crippen LogP contribution is 2.16. The molecule has 0 amide bonds. The number of ether oxygens (including phenoxy) is 2. The molecule has 0 saturated carbocycles. The second-order valence-corrected chi connectivity index (χ2v) is 5.87. The fourth-order valence-electron chi connectivity index (χ4n) is 2.72. The van der Waals surface area contributed by atoms with Gasteiger partial charge in [-0.05, 0) is 25.3 Å². The van der Waals surface area contributed by atoms with Crippen LogP contribution in [-0.2, 0) is 9.47 Å². The van der Waals surface area contributed by atoms with Crippen molar-refractivity contribution in [2.75, 3.05) is 46.6 Å². The van der Waals surface area contributed by atoms with E-state index in [1.807, 2.05) is 0 Å². The summed E-state index contributed by atoms with van der Waals surface area (Å²) in [5.41, 5.74) is 0. The van der Waals surface area contributed by atoms with Crippen molar-refractivity contribution in [3.8, 4) is 0 Å². The molecule has 1 saturated heterocycles. The van der Waals surface area contributed by atoms with E-state index in [1.165, 1.54) is 6.42 Å². The molecule has 0 bridgehead atoms. The molecule has 0 aromatic heterocycles. The van der Waals surface area contributed by atoms with Crippen LogP contribution in [0.5, 0.6) is 0 Å². The Hall–Kier alpha value is -0.160. The average molecular weight is 272 g/mol. The summed E-state index contributed by atoms with van der Waals surface area (Å²) >= 11 is 0. The molecule has 114 valence electrons. The minimum Gasteiger partial charge on any atom is -0.383 e. The van der Waals surface area contributed by atoms with Gasteiger partial charge < -0.3 is 14.8 Å². The minimum atomic E-state index is 0.484. The second-order valence-electron chi connectivity index (χ2n) is 5.87. The first-order valence-electron chi connectivity index (χ1n) is 7.73. The quantitative estimate of drug-likeness (QED) is 0.693. The van der Waals surface area contributed by atoms with Crippen LogP contribution in [0.4, 0.5) is 0 Å². The van der Waals surface area contributed by atoms with Crippen molar-refractivity contribution in [3.63, 3.8) is 0 Å². The Kier molecular flexibility index (Phi) is 8.62. The van der Waals surface area contributed by atoms with Crippen LogP contribution in [-0.4, -0.2) is 63.5 Å². The molecule has 1 heterocycles. The number of methoxy groups -OCH3 is 1. The summed E-state index contributed by atoms with van der Waals surface area (Å²) in [7, 11) is 1.78. The van der Waals surface area contributed by atoms with E-state index in [0.717, 1.165) is 45.9 Å². The van der Waals surface area contributed by atoms with Gasteiger partial charge in [0.25, 0.3) is 0 Å². The zero-order chi connectivity index (χ0) is 14.1. The van der Waals surface area contributed by atoms with E-state index in [-0.39, 0.29) is 0 Å². The smallest absolute Gasteiger partial charge is 0.0637 e. The van der Waals surface area contributed by atoms with E-state index >= 15 is 0 Å². The van der Waals surface area contributed by atoms with Gasteiger partial charge in [-0.2, -0.15) is 0 Å². The summed E-state index contributed by atoms with van der Waals surface area (Å²) in [6, 6.07) is 1.04. The third-order valence-electron chi connectivity index (χ3n) is 3.63. The predicted octanol–water partition coefficient (Wildman–Crippen LogP) is 1.75. The Morgan fingerprint density at radius 3 is 2.84 bits per heavy atom. The topological polar surface area (TPSA) is 33.7 Å². The maximum atomic E-state index is 5.71. The van der Waals surface area contributed by atoms with Gasteiger partial charge in [0, 0.05) is 38.9 Å². The van der Waals surface area contributed by atoms with Crippen LogP contribution in [0.15, 0.2) is 0 Å². The summed E-state index contributed by atoms with van der Waals surface area (Å²) in [6.45, 7) is 12.5. The van der Waals surface area contributed by atoms with Gasteiger partial charge in [-0.15, -0.1) is 0 Å². The molecule has 0 aromatic rings.